The lowest BCUT2D eigenvalue weighted by atomic mass is 10.1. The number of carboxylic acid groups (broad SMARTS) is 2. The van der Waals surface area contributed by atoms with E-state index in [1.807, 2.05) is 0 Å². The molecule has 0 unspecified atom stereocenters. The molecule has 0 aliphatic rings. The molecule has 0 fully saturated rings. The van der Waals surface area contributed by atoms with Crippen LogP contribution in [0.15, 0.2) is 58.3 Å². The fraction of sp³-hybridized carbons (Fsp3) is 0.667. The van der Waals surface area contributed by atoms with Crippen molar-refractivity contribution < 1.29 is 127 Å². The Morgan fingerprint density at radius 2 is 0.863 bits per heavy atom. The van der Waals surface area contributed by atoms with Crippen LogP contribution in [0.4, 0.5) is 5.69 Å². The lowest BCUT2D eigenvalue weighted by Crippen LogP contribution is -2.55. The second-order valence-electron chi connectivity index (χ2n) is 22.4. The maximum absolute atomic E-state index is 13.3. The van der Waals surface area contributed by atoms with E-state index in [-0.39, 0.29) is 130 Å². The number of hydrogen-bond acceptors (Lipinski definition) is 29. The number of Topliss-reactive ketones (excluding diaryl/α,β-unsaturated/α-hetero) is 3. The third-order valence-corrected chi connectivity index (χ3v) is 16.2. The molecule has 0 saturated heterocycles. The van der Waals surface area contributed by atoms with E-state index in [0.717, 1.165) is 0 Å². The van der Waals surface area contributed by atoms with Gasteiger partial charge in [0.15, 0.2) is 5.78 Å². The molecule has 0 radical (unpaired) electrons. The van der Waals surface area contributed by atoms with Crippen LogP contribution in [0.25, 0.3) is 0 Å². The number of carbonyl (C=O) groups is 9. The SMILES string of the molecule is CC(=O)[C@@H](CS)CNC(=O)[C@H](CC(=O)O)NC(=O)[C@H](N)CNC(=O)CCOCCOCCOCCOCCOCCOCCOCCOCCOCCOCCOCCOCCCC(=O)CN(CCN(CC(=O)O)CC(=O)Nc1ccc(S(N)(=O)=O)cc1)CC(=O)Cc1ccc(S(N)(=O)=O)cc1. The highest BCUT2D eigenvalue weighted by Gasteiger charge is 2.28. The van der Waals surface area contributed by atoms with Crippen molar-refractivity contribution in [2.45, 2.75) is 60.9 Å². The Morgan fingerprint density at radius 3 is 1.25 bits per heavy atom. The largest absolute Gasteiger partial charge is 0.481 e. The Balaban J connectivity index is 1.40. The van der Waals surface area contributed by atoms with Gasteiger partial charge < -0.3 is 94.1 Å². The predicted molar refractivity (Wildman–Crippen MR) is 368 cm³/mol. The highest BCUT2D eigenvalue weighted by molar-refractivity contribution is 7.89. The van der Waals surface area contributed by atoms with Gasteiger partial charge >= 0.3 is 11.9 Å². The Hall–Kier alpha value is -6.16. The van der Waals surface area contributed by atoms with E-state index in [4.69, 9.17) is 72.9 Å². The minimum atomic E-state index is -3.97. The number of thiol groups is 1. The minimum absolute atomic E-state index is 0.0158. The van der Waals surface area contributed by atoms with Crippen molar-refractivity contribution in [2.24, 2.45) is 21.9 Å². The number of nitrogens with zero attached hydrogens (tertiary/aromatic N) is 2. The van der Waals surface area contributed by atoms with Gasteiger partial charge in [0.05, 0.1) is 194 Å². The molecular weight excluding hydrogens is 1410 g/mol. The topological polar surface area (TPSA) is 506 Å². The summed E-state index contributed by atoms with van der Waals surface area (Å²) in [6.45, 7) is 7.76. The van der Waals surface area contributed by atoms with Crippen molar-refractivity contribution in [3.63, 3.8) is 0 Å². The number of rotatable bonds is 67. The number of carboxylic acids is 2. The summed E-state index contributed by atoms with van der Waals surface area (Å²) in [5.41, 5.74) is 6.57. The first-order chi connectivity index (χ1) is 48.8. The van der Waals surface area contributed by atoms with Crippen molar-refractivity contribution >= 4 is 91.3 Å². The maximum atomic E-state index is 13.3. The molecule has 36 nitrogen and oxygen atoms in total. The van der Waals surface area contributed by atoms with Crippen LogP contribution in [-0.4, -0.2) is 319 Å². The Bertz CT molecular complexity index is 2980. The lowest BCUT2D eigenvalue weighted by molar-refractivity contribution is -0.141. The molecule has 2 aromatic carbocycles. The monoisotopic (exact) mass is 1510 g/mol. The number of aliphatic carboxylic acids is 2. The standard InChI is InChI=1S/C63H103N9O27S3/c1-48(73)50(47-100)41-68-63(83)57(40-60(78)79)70-62(82)56(64)42-67-58(76)12-16-89-18-20-91-22-24-93-26-28-95-30-32-97-34-36-99-38-37-98-35-33-96-31-29-94-27-25-92-23-21-90-19-17-88-15-2-3-52(74)43-71(44-53(75)39-49-4-8-54(9-5-49)101(65,84)85)13-14-72(46-61(80)81)45-59(77)69-51-6-10-55(11-7-51)102(66,86)87/h4-11,50,56-57,100H,2-3,12-47,64H2,1H3,(H,67,76)(H,68,83)(H,69,77)(H,70,82)(H,78,79)(H,80,81)(H2,65,84,85)(H2,66,86,87)/t50-,56-,57+/m1/s1. The van der Waals surface area contributed by atoms with Gasteiger partial charge in [0, 0.05) is 69.4 Å². The second kappa shape index (κ2) is 56.3. The summed E-state index contributed by atoms with van der Waals surface area (Å²) in [6, 6.07) is 7.78. The van der Waals surface area contributed by atoms with E-state index in [0.29, 0.717) is 138 Å². The number of nitrogens with one attached hydrogen (secondary N) is 4. The van der Waals surface area contributed by atoms with Gasteiger partial charge in [0.25, 0.3) is 0 Å². The van der Waals surface area contributed by atoms with Gasteiger partial charge in [0.1, 0.15) is 23.7 Å². The Labute approximate surface area is 600 Å². The van der Waals surface area contributed by atoms with Crippen molar-refractivity contribution in [1.29, 1.82) is 0 Å². The Morgan fingerprint density at radius 1 is 0.471 bits per heavy atom. The molecule has 0 bridgehead atoms. The first-order valence-corrected chi connectivity index (χ1v) is 36.6. The number of ether oxygens (including phenoxy) is 12. The zero-order valence-electron chi connectivity index (χ0n) is 57.7. The van der Waals surface area contributed by atoms with Gasteiger partial charge in [0.2, 0.25) is 43.7 Å². The molecule has 102 heavy (non-hydrogen) atoms. The quantitative estimate of drug-likeness (QED) is 0.0233. The molecular formula is C63H103N9O27S3. The van der Waals surface area contributed by atoms with E-state index in [1.165, 1.54) is 60.4 Å². The summed E-state index contributed by atoms with van der Waals surface area (Å²) in [5.74, 6) is -6.46. The molecule has 0 aliphatic carbocycles. The molecule has 4 amide bonds. The van der Waals surface area contributed by atoms with Crippen LogP contribution in [0.5, 0.6) is 0 Å². The average molecular weight is 1510 g/mol. The first-order valence-electron chi connectivity index (χ1n) is 32.9. The van der Waals surface area contributed by atoms with Crippen molar-refractivity contribution in [2.75, 3.05) is 222 Å². The van der Waals surface area contributed by atoms with Gasteiger partial charge in [-0.05, 0) is 55.3 Å². The second-order valence-corrected chi connectivity index (χ2v) is 25.9. The van der Waals surface area contributed by atoms with E-state index in [1.54, 1.807) is 4.90 Å². The van der Waals surface area contributed by atoms with Crippen molar-refractivity contribution in [1.82, 2.24) is 25.8 Å². The number of sulfonamides is 2. The molecule has 39 heteroatoms. The zero-order valence-corrected chi connectivity index (χ0v) is 60.2. The van der Waals surface area contributed by atoms with Gasteiger partial charge in [-0.2, -0.15) is 12.6 Å². The predicted octanol–water partition coefficient (Wildman–Crippen LogP) is -2.99. The normalized spacial score (nSPS) is 12.6. The van der Waals surface area contributed by atoms with Gasteiger partial charge in [-0.15, -0.1) is 0 Å². The highest BCUT2D eigenvalue weighted by Crippen LogP contribution is 2.14. The number of ketones is 3. The number of amides is 4. The summed E-state index contributed by atoms with van der Waals surface area (Å²) < 4.78 is 113. The highest BCUT2D eigenvalue weighted by atomic mass is 32.2. The van der Waals surface area contributed by atoms with Crippen LogP contribution < -0.4 is 37.3 Å². The summed E-state index contributed by atoms with van der Waals surface area (Å²) in [7, 11) is -7.92. The number of anilines is 1. The molecule has 0 saturated carbocycles. The number of benzene rings is 2. The van der Waals surface area contributed by atoms with Crippen LogP contribution >= 0.6 is 12.6 Å². The van der Waals surface area contributed by atoms with Gasteiger partial charge in [-0.25, -0.2) is 27.1 Å². The molecule has 0 aliphatic heterocycles. The van der Waals surface area contributed by atoms with Crippen LogP contribution in [0.3, 0.4) is 0 Å². The lowest BCUT2D eigenvalue weighted by Gasteiger charge is -2.26. The molecule has 0 spiro atoms. The molecule has 3 atom stereocenters. The molecule has 12 N–H and O–H groups in total. The fourth-order valence-corrected chi connectivity index (χ4v) is 9.92. The van der Waals surface area contributed by atoms with E-state index in [2.05, 4.69) is 33.9 Å². The summed E-state index contributed by atoms with van der Waals surface area (Å²) in [5, 5.41) is 38.9. The van der Waals surface area contributed by atoms with Crippen LogP contribution in [0.1, 0.15) is 38.2 Å². The number of primary sulfonamides is 2. The molecule has 0 heterocycles. The molecule has 2 rings (SSSR count). The number of carbonyl (C=O) groups excluding carboxylic acids is 7. The molecule has 580 valence electrons. The average Bonchev–Trinajstić information content (AvgIpc) is 0.869. The maximum Gasteiger partial charge on any atom is 0.317 e. The molecule has 0 aromatic heterocycles. The third kappa shape index (κ3) is 48.7. The number of nitrogens with two attached hydrogens (primary N) is 3. The summed E-state index contributed by atoms with van der Waals surface area (Å²) in [6.07, 6.45) is -0.375. The van der Waals surface area contributed by atoms with Crippen LogP contribution in [0.2, 0.25) is 0 Å². The van der Waals surface area contributed by atoms with E-state index in [9.17, 15) is 70.2 Å². The van der Waals surface area contributed by atoms with E-state index < -0.39 is 93.1 Å². The third-order valence-electron chi connectivity index (χ3n) is 13.9. The number of hydrogen-bond donors (Lipinski definition) is 10. The van der Waals surface area contributed by atoms with Gasteiger partial charge in [-0.1, -0.05) is 12.1 Å². The fourth-order valence-electron chi connectivity index (χ4n) is 8.50. The zero-order chi connectivity index (χ0) is 75.2. The Kier molecular flexibility index (Phi) is 50.7. The smallest absolute Gasteiger partial charge is 0.317 e. The van der Waals surface area contributed by atoms with Crippen LogP contribution in [0, 0.1) is 5.92 Å². The van der Waals surface area contributed by atoms with Crippen molar-refractivity contribution in [3.05, 3.63) is 54.1 Å². The van der Waals surface area contributed by atoms with E-state index >= 15 is 0 Å². The molecule has 2 aromatic rings. The first kappa shape index (κ1) is 91.9. The van der Waals surface area contributed by atoms with Gasteiger partial charge in [-0.3, -0.25) is 53.0 Å². The van der Waals surface area contributed by atoms with Crippen molar-refractivity contribution in [3.8, 4) is 0 Å². The summed E-state index contributed by atoms with van der Waals surface area (Å²) >= 11 is 4.06. The van der Waals surface area contributed by atoms with Crippen LogP contribution in [-0.2, 0) is 126 Å². The summed E-state index contributed by atoms with van der Waals surface area (Å²) in [4.78, 5) is 114. The minimum Gasteiger partial charge on any atom is -0.481 e.